The van der Waals surface area contributed by atoms with Gasteiger partial charge in [-0.15, -0.1) is 0 Å². The highest BCUT2D eigenvalue weighted by molar-refractivity contribution is 5.72. The lowest BCUT2D eigenvalue weighted by Gasteiger charge is -2.16. The average molecular weight is 247 g/mol. The highest BCUT2D eigenvalue weighted by atomic mass is 16.5. The summed E-state index contributed by atoms with van der Waals surface area (Å²) in [5.74, 6) is 1.44. The molecule has 0 aliphatic heterocycles. The van der Waals surface area contributed by atoms with E-state index in [-0.39, 0.29) is 0 Å². The van der Waals surface area contributed by atoms with E-state index in [1.54, 1.807) is 7.11 Å². The lowest BCUT2D eigenvalue weighted by atomic mass is 9.92. The molecule has 0 saturated heterocycles. The molecule has 18 heavy (non-hydrogen) atoms. The number of nitrogens with two attached hydrogens (primary N) is 1. The van der Waals surface area contributed by atoms with E-state index >= 15 is 0 Å². The Kier molecular flexibility index (Phi) is 5.93. The fraction of sp³-hybridized carbons (Fsp3) is 0.500. The summed E-state index contributed by atoms with van der Waals surface area (Å²) in [7, 11) is 1.73. The number of aryl methyl sites for hydroxylation is 1. The fourth-order valence-electron chi connectivity index (χ4n) is 2.08. The van der Waals surface area contributed by atoms with E-state index in [0.717, 1.165) is 25.1 Å². The Bertz CT molecular complexity index is 408. The van der Waals surface area contributed by atoms with Crippen molar-refractivity contribution < 1.29 is 4.74 Å². The van der Waals surface area contributed by atoms with Crippen molar-refractivity contribution in [1.82, 2.24) is 0 Å². The van der Waals surface area contributed by atoms with Crippen LogP contribution in [-0.4, -0.2) is 13.7 Å². The van der Waals surface area contributed by atoms with Crippen LogP contribution < -0.4 is 10.5 Å². The molecule has 0 saturated carbocycles. The van der Waals surface area contributed by atoms with Crippen LogP contribution in [0, 0.1) is 12.8 Å². The van der Waals surface area contributed by atoms with Gasteiger partial charge in [-0.25, -0.2) is 0 Å². The zero-order valence-corrected chi connectivity index (χ0v) is 12.0. The number of unbranched alkanes of at least 4 members (excludes halogenated alkanes) is 1. The molecule has 1 aromatic rings. The number of hydrogen-bond acceptors (Lipinski definition) is 2. The summed E-state index contributed by atoms with van der Waals surface area (Å²) < 4.78 is 5.47. The molecule has 2 heteroatoms. The molecule has 0 aromatic heterocycles. The second-order valence-electron chi connectivity index (χ2n) is 4.95. The van der Waals surface area contributed by atoms with Gasteiger partial charge in [-0.2, -0.15) is 0 Å². The number of rotatable bonds is 6. The Morgan fingerprint density at radius 2 is 2.11 bits per heavy atom. The van der Waals surface area contributed by atoms with Gasteiger partial charge >= 0.3 is 0 Å². The van der Waals surface area contributed by atoms with E-state index in [2.05, 4.69) is 39.0 Å². The van der Waals surface area contributed by atoms with Gasteiger partial charge in [0.25, 0.3) is 0 Å². The molecule has 0 aliphatic carbocycles. The maximum absolute atomic E-state index is 5.56. The first-order valence-corrected chi connectivity index (χ1v) is 6.65. The van der Waals surface area contributed by atoms with Crippen LogP contribution in [0.1, 0.15) is 37.8 Å². The zero-order chi connectivity index (χ0) is 13.5. The molecule has 100 valence electrons. The number of ether oxygens (including phenoxy) is 1. The maximum Gasteiger partial charge on any atom is 0.126 e. The van der Waals surface area contributed by atoms with Crippen molar-refractivity contribution in [1.29, 1.82) is 0 Å². The van der Waals surface area contributed by atoms with Gasteiger partial charge in [-0.1, -0.05) is 31.6 Å². The Labute approximate surface area is 111 Å². The van der Waals surface area contributed by atoms with E-state index in [0.29, 0.717) is 5.92 Å². The number of benzene rings is 1. The van der Waals surface area contributed by atoms with Crippen LogP contribution in [0.5, 0.6) is 5.75 Å². The Morgan fingerprint density at radius 3 is 2.67 bits per heavy atom. The summed E-state index contributed by atoms with van der Waals surface area (Å²) in [5.41, 5.74) is 9.38. The summed E-state index contributed by atoms with van der Waals surface area (Å²) in [6, 6.07) is 6.33. The predicted molar refractivity (Wildman–Crippen MR) is 78.8 cm³/mol. The molecular formula is C16H25NO. The summed E-state index contributed by atoms with van der Waals surface area (Å²) in [5, 5.41) is 0. The number of allylic oxidation sites excluding steroid dienone is 2. The van der Waals surface area contributed by atoms with Crippen molar-refractivity contribution >= 4 is 5.57 Å². The van der Waals surface area contributed by atoms with E-state index in [1.807, 2.05) is 6.07 Å². The molecule has 0 amide bonds. The number of methoxy groups -OCH3 is 1. The molecule has 0 atom stereocenters. The first-order valence-electron chi connectivity index (χ1n) is 6.65. The molecule has 0 fully saturated rings. The molecule has 0 aliphatic rings. The van der Waals surface area contributed by atoms with Crippen molar-refractivity contribution in [2.75, 3.05) is 13.7 Å². The quantitative estimate of drug-likeness (QED) is 0.776. The SMILES string of the molecule is COc1ccc(C)cc1/C(=C/CCCN)C(C)C. The van der Waals surface area contributed by atoms with Crippen molar-refractivity contribution in [3.05, 3.63) is 35.4 Å². The van der Waals surface area contributed by atoms with E-state index in [4.69, 9.17) is 10.5 Å². The normalized spacial score (nSPS) is 12.0. The third-order valence-corrected chi connectivity index (χ3v) is 3.06. The molecular weight excluding hydrogens is 222 g/mol. The van der Waals surface area contributed by atoms with Gasteiger partial charge < -0.3 is 10.5 Å². The Hall–Kier alpha value is -1.28. The van der Waals surface area contributed by atoms with E-state index in [1.165, 1.54) is 16.7 Å². The van der Waals surface area contributed by atoms with Crippen LogP contribution in [0.4, 0.5) is 0 Å². The van der Waals surface area contributed by atoms with Crippen LogP contribution in [0.2, 0.25) is 0 Å². The minimum atomic E-state index is 0.485. The molecule has 0 radical (unpaired) electrons. The second kappa shape index (κ2) is 7.22. The van der Waals surface area contributed by atoms with Gasteiger partial charge in [-0.05, 0) is 49.9 Å². The van der Waals surface area contributed by atoms with Gasteiger partial charge in [0.15, 0.2) is 0 Å². The maximum atomic E-state index is 5.56. The topological polar surface area (TPSA) is 35.2 Å². The first-order chi connectivity index (χ1) is 8.60. The van der Waals surface area contributed by atoms with Crippen molar-refractivity contribution in [3.63, 3.8) is 0 Å². The van der Waals surface area contributed by atoms with Crippen LogP contribution in [0.15, 0.2) is 24.3 Å². The van der Waals surface area contributed by atoms with Gasteiger partial charge in [0.1, 0.15) is 5.75 Å². The lowest BCUT2D eigenvalue weighted by molar-refractivity contribution is 0.413. The third-order valence-electron chi connectivity index (χ3n) is 3.06. The average Bonchev–Trinajstić information content (AvgIpc) is 2.34. The van der Waals surface area contributed by atoms with Crippen molar-refractivity contribution in [2.45, 2.75) is 33.6 Å². The second-order valence-corrected chi connectivity index (χ2v) is 4.95. The fourth-order valence-corrected chi connectivity index (χ4v) is 2.08. The molecule has 1 rings (SSSR count). The molecule has 2 nitrogen and oxygen atoms in total. The van der Waals surface area contributed by atoms with Gasteiger partial charge in [-0.3, -0.25) is 0 Å². The van der Waals surface area contributed by atoms with Crippen LogP contribution in [0.25, 0.3) is 5.57 Å². The lowest BCUT2D eigenvalue weighted by Crippen LogP contribution is -2.00. The summed E-state index contributed by atoms with van der Waals surface area (Å²) in [6.45, 7) is 7.29. The third kappa shape index (κ3) is 3.88. The molecule has 0 unspecified atom stereocenters. The number of hydrogen-bond donors (Lipinski definition) is 1. The first kappa shape index (κ1) is 14.8. The summed E-state index contributed by atoms with van der Waals surface area (Å²) in [6.07, 6.45) is 4.36. The van der Waals surface area contributed by atoms with Crippen molar-refractivity contribution in [2.24, 2.45) is 11.7 Å². The zero-order valence-electron chi connectivity index (χ0n) is 12.0. The van der Waals surface area contributed by atoms with Crippen LogP contribution >= 0.6 is 0 Å². The van der Waals surface area contributed by atoms with Crippen LogP contribution in [-0.2, 0) is 0 Å². The van der Waals surface area contributed by atoms with Gasteiger partial charge in [0.05, 0.1) is 7.11 Å². The molecule has 1 aromatic carbocycles. The Morgan fingerprint density at radius 1 is 1.39 bits per heavy atom. The smallest absolute Gasteiger partial charge is 0.126 e. The highest BCUT2D eigenvalue weighted by Gasteiger charge is 2.11. The van der Waals surface area contributed by atoms with E-state index in [9.17, 15) is 0 Å². The highest BCUT2D eigenvalue weighted by Crippen LogP contribution is 2.32. The van der Waals surface area contributed by atoms with Gasteiger partial charge in [0.2, 0.25) is 0 Å². The molecule has 0 bridgehead atoms. The monoisotopic (exact) mass is 247 g/mol. The van der Waals surface area contributed by atoms with E-state index < -0.39 is 0 Å². The minimum absolute atomic E-state index is 0.485. The standard InChI is InChI=1S/C16H25NO/c1-12(2)14(7-5-6-10-17)15-11-13(3)8-9-16(15)18-4/h7-9,11-12H,5-6,10,17H2,1-4H3/b14-7+. The Balaban J connectivity index is 3.12. The molecule has 0 spiro atoms. The van der Waals surface area contributed by atoms with Crippen molar-refractivity contribution in [3.8, 4) is 5.75 Å². The minimum Gasteiger partial charge on any atom is -0.496 e. The largest absolute Gasteiger partial charge is 0.496 e. The predicted octanol–water partition coefficient (Wildman–Crippen LogP) is 3.78. The molecule has 0 heterocycles. The van der Waals surface area contributed by atoms with Crippen LogP contribution in [0.3, 0.4) is 0 Å². The molecule has 2 N–H and O–H groups in total. The summed E-state index contributed by atoms with van der Waals surface area (Å²) >= 11 is 0. The van der Waals surface area contributed by atoms with Gasteiger partial charge in [0, 0.05) is 5.56 Å². The summed E-state index contributed by atoms with van der Waals surface area (Å²) in [4.78, 5) is 0.